The smallest absolute Gasteiger partial charge is 0.246 e. The van der Waals surface area contributed by atoms with E-state index in [2.05, 4.69) is 21.7 Å². The summed E-state index contributed by atoms with van der Waals surface area (Å²) in [5, 5.41) is 6.35. The lowest BCUT2D eigenvalue weighted by Gasteiger charge is -2.19. The molecule has 0 bridgehead atoms. The number of para-hydroxylation sites is 2. The van der Waals surface area contributed by atoms with E-state index >= 15 is 0 Å². The van der Waals surface area contributed by atoms with Crippen molar-refractivity contribution in [3.63, 3.8) is 0 Å². The van der Waals surface area contributed by atoms with Crippen LogP contribution in [0.4, 0.5) is 5.69 Å². The Balaban J connectivity index is 1.62. The van der Waals surface area contributed by atoms with Crippen LogP contribution in [0.25, 0.3) is 0 Å². The molecule has 6 heteroatoms. The number of amides is 1. The van der Waals surface area contributed by atoms with Crippen molar-refractivity contribution in [1.82, 2.24) is 10.6 Å². The normalized spacial score (nSPS) is 13.2. The summed E-state index contributed by atoms with van der Waals surface area (Å²) in [5.41, 5.74) is 3.26. The minimum atomic E-state index is 0.0465. The van der Waals surface area contributed by atoms with Gasteiger partial charge in [-0.1, -0.05) is 36.4 Å². The molecule has 0 atom stereocenters. The van der Waals surface area contributed by atoms with Gasteiger partial charge in [-0.3, -0.25) is 4.79 Å². The summed E-state index contributed by atoms with van der Waals surface area (Å²) in [4.78, 5) is 19.1. The second-order valence-corrected chi connectivity index (χ2v) is 6.51. The van der Waals surface area contributed by atoms with Gasteiger partial charge in [0.05, 0.1) is 19.7 Å². The highest BCUT2D eigenvalue weighted by atomic mass is 16.5. The Kier molecular flexibility index (Phi) is 6.89. The molecule has 1 heterocycles. The first-order chi connectivity index (χ1) is 13.7. The van der Waals surface area contributed by atoms with Crippen LogP contribution in [-0.4, -0.2) is 38.1 Å². The highest BCUT2D eigenvalue weighted by molar-refractivity contribution is 5.98. The van der Waals surface area contributed by atoms with Crippen LogP contribution in [0.5, 0.6) is 5.75 Å². The fourth-order valence-corrected chi connectivity index (χ4v) is 3.29. The molecule has 0 saturated carbocycles. The van der Waals surface area contributed by atoms with Gasteiger partial charge in [0.2, 0.25) is 5.91 Å². The summed E-state index contributed by atoms with van der Waals surface area (Å²) in [7, 11) is 0. The number of carbonyl (C=O) groups excluding carboxylic acids is 1. The predicted molar refractivity (Wildman–Crippen MR) is 113 cm³/mol. The Morgan fingerprint density at radius 2 is 1.89 bits per heavy atom. The van der Waals surface area contributed by atoms with Crippen molar-refractivity contribution >= 4 is 17.6 Å². The first-order valence-corrected chi connectivity index (χ1v) is 9.84. The molecule has 1 amide bonds. The third-order valence-electron chi connectivity index (χ3n) is 4.62. The summed E-state index contributed by atoms with van der Waals surface area (Å²) in [5.74, 6) is 1.51. The summed E-state index contributed by atoms with van der Waals surface area (Å²) < 4.78 is 5.66. The fraction of sp³-hybridized carbons (Fsp3) is 0.364. The molecule has 2 N–H and O–H groups in total. The van der Waals surface area contributed by atoms with Gasteiger partial charge in [-0.15, -0.1) is 0 Å². The largest absolute Gasteiger partial charge is 0.494 e. The number of hydrogen-bond donors (Lipinski definition) is 2. The number of ether oxygens (including phenoxy) is 1. The standard InChI is InChI=1S/C22H28N4O2/c1-3-23-22(24-15-18-10-6-8-12-20(18)28-4-2)25-16-21(27)26-14-13-17-9-5-7-11-19(17)26/h5-12H,3-4,13-16H2,1-2H3,(H2,23,24,25). The summed E-state index contributed by atoms with van der Waals surface area (Å²) in [6.45, 7) is 6.72. The molecule has 3 rings (SSSR count). The van der Waals surface area contributed by atoms with E-state index in [0.717, 1.165) is 36.5 Å². The maximum absolute atomic E-state index is 12.7. The van der Waals surface area contributed by atoms with Crippen molar-refractivity contribution in [3.05, 3.63) is 59.7 Å². The number of nitrogens with zero attached hydrogens (tertiary/aromatic N) is 2. The van der Waals surface area contributed by atoms with Crippen molar-refractivity contribution < 1.29 is 9.53 Å². The van der Waals surface area contributed by atoms with E-state index in [1.54, 1.807) is 0 Å². The maximum Gasteiger partial charge on any atom is 0.246 e. The molecule has 1 aliphatic rings. The van der Waals surface area contributed by atoms with E-state index in [4.69, 9.17) is 4.74 Å². The third kappa shape index (κ3) is 4.82. The van der Waals surface area contributed by atoms with Gasteiger partial charge < -0.3 is 20.3 Å². The number of benzene rings is 2. The van der Waals surface area contributed by atoms with Crippen LogP contribution in [0.3, 0.4) is 0 Å². The molecule has 0 aliphatic carbocycles. The zero-order valence-electron chi connectivity index (χ0n) is 16.6. The minimum Gasteiger partial charge on any atom is -0.494 e. The monoisotopic (exact) mass is 380 g/mol. The molecule has 148 valence electrons. The van der Waals surface area contributed by atoms with E-state index in [9.17, 15) is 4.79 Å². The second-order valence-electron chi connectivity index (χ2n) is 6.51. The zero-order valence-corrected chi connectivity index (χ0v) is 16.6. The predicted octanol–water partition coefficient (Wildman–Crippen LogP) is 2.73. The van der Waals surface area contributed by atoms with Gasteiger partial charge in [-0.25, -0.2) is 4.99 Å². The quantitative estimate of drug-likeness (QED) is 0.573. The van der Waals surface area contributed by atoms with Crippen LogP contribution in [0.15, 0.2) is 53.5 Å². The van der Waals surface area contributed by atoms with E-state index in [1.165, 1.54) is 5.56 Å². The molecular weight excluding hydrogens is 352 g/mol. The Morgan fingerprint density at radius 3 is 2.71 bits per heavy atom. The highest BCUT2D eigenvalue weighted by Crippen LogP contribution is 2.27. The van der Waals surface area contributed by atoms with Crippen LogP contribution in [0, 0.1) is 0 Å². The lowest BCUT2D eigenvalue weighted by atomic mass is 10.2. The number of hydrogen-bond acceptors (Lipinski definition) is 3. The molecule has 28 heavy (non-hydrogen) atoms. The fourth-order valence-electron chi connectivity index (χ4n) is 3.29. The Morgan fingerprint density at radius 1 is 1.11 bits per heavy atom. The van der Waals surface area contributed by atoms with Crippen LogP contribution >= 0.6 is 0 Å². The molecular formula is C22H28N4O2. The van der Waals surface area contributed by atoms with Crippen molar-refractivity contribution in [2.24, 2.45) is 4.99 Å². The second kappa shape index (κ2) is 9.78. The first kappa shape index (κ1) is 19.7. The van der Waals surface area contributed by atoms with Crippen LogP contribution in [0.1, 0.15) is 25.0 Å². The Labute approximate surface area is 166 Å². The average molecular weight is 380 g/mol. The average Bonchev–Trinajstić information content (AvgIpc) is 3.15. The molecule has 0 radical (unpaired) electrons. The van der Waals surface area contributed by atoms with Gasteiger partial charge in [-0.2, -0.15) is 0 Å². The molecule has 0 saturated heterocycles. The number of guanidine groups is 1. The number of rotatable bonds is 7. The van der Waals surface area contributed by atoms with Crippen molar-refractivity contribution in [1.29, 1.82) is 0 Å². The van der Waals surface area contributed by atoms with Crippen molar-refractivity contribution in [2.75, 3.05) is 31.1 Å². The summed E-state index contributed by atoms with van der Waals surface area (Å²) in [6.07, 6.45) is 0.907. The first-order valence-electron chi connectivity index (χ1n) is 9.84. The summed E-state index contributed by atoms with van der Waals surface area (Å²) in [6, 6.07) is 15.9. The molecule has 6 nitrogen and oxygen atoms in total. The number of nitrogens with one attached hydrogen (secondary N) is 2. The van der Waals surface area contributed by atoms with Gasteiger partial charge in [0.25, 0.3) is 0 Å². The van der Waals surface area contributed by atoms with Crippen LogP contribution in [0.2, 0.25) is 0 Å². The number of carbonyl (C=O) groups is 1. The molecule has 2 aromatic rings. The van der Waals surface area contributed by atoms with Crippen molar-refractivity contribution in [2.45, 2.75) is 26.8 Å². The van der Waals surface area contributed by atoms with Crippen molar-refractivity contribution in [3.8, 4) is 5.75 Å². The SMILES string of the molecule is CCNC(=NCc1ccccc1OCC)NCC(=O)N1CCc2ccccc21. The molecule has 1 aliphatic heterocycles. The van der Waals surface area contributed by atoms with Gasteiger partial charge >= 0.3 is 0 Å². The van der Waals surface area contributed by atoms with Gasteiger partial charge in [0.15, 0.2) is 5.96 Å². The van der Waals surface area contributed by atoms with E-state index in [1.807, 2.05) is 61.2 Å². The van der Waals surface area contributed by atoms with E-state index < -0.39 is 0 Å². The Hall–Kier alpha value is -3.02. The molecule has 2 aromatic carbocycles. The Bertz CT molecular complexity index is 835. The lowest BCUT2D eigenvalue weighted by molar-refractivity contribution is -0.117. The molecule has 0 fully saturated rings. The third-order valence-corrected chi connectivity index (χ3v) is 4.62. The van der Waals surface area contributed by atoms with Gasteiger partial charge in [0, 0.05) is 24.3 Å². The number of aliphatic imine (C=N–C) groups is 1. The van der Waals surface area contributed by atoms with Crippen LogP contribution < -0.4 is 20.3 Å². The topological polar surface area (TPSA) is 66.0 Å². The lowest BCUT2D eigenvalue weighted by Crippen LogP contribution is -2.44. The highest BCUT2D eigenvalue weighted by Gasteiger charge is 2.23. The number of fused-ring (bicyclic) bond motifs is 1. The summed E-state index contributed by atoms with van der Waals surface area (Å²) >= 11 is 0. The molecule has 0 unspecified atom stereocenters. The molecule has 0 aromatic heterocycles. The maximum atomic E-state index is 12.7. The van der Waals surface area contributed by atoms with Crippen LogP contribution in [-0.2, 0) is 17.8 Å². The van der Waals surface area contributed by atoms with Gasteiger partial charge in [-0.05, 0) is 38.0 Å². The van der Waals surface area contributed by atoms with E-state index in [0.29, 0.717) is 19.1 Å². The minimum absolute atomic E-state index is 0.0465. The van der Waals surface area contributed by atoms with Gasteiger partial charge in [0.1, 0.15) is 5.75 Å². The zero-order chi connectivity index (χ0) is 19.8. The number of anilines is 1. The van der Waals surface area contributed by atoms with E-state index in [-0.39, 0.29) is 12.5 Å². The molecule has 0 spiro atoms.